The van der Waals surface area contributed by atoms with Crippen LogP contribution in [0.4, 0.5) is 0 Å². The SMILES string of the molecule is CCCC(C)C(=O)NCCCNC. The van der Waals surface area contributed by atoms with Gasteiger partial charge in [-0.2, -0.15) is 0 Å². The normalized spacial score (nSPS) is 12.5. The molecule has 0 aromatic rings. The number of rotatable bonds is 7. The maximum Gasteiger partial charge on any atom is 0.222 e. The standard InChI is InChI=1S/C10H22N2O/c1-4-6-9(2)10(13)12-8-5-7-11-3/h9,11H,4-8H2,1-3H3,(H,12,13). The fourth-order valence-corrected chi connectivity index (χ4v) is 1.22. The molecule has 78 valence electrons. The van der Waals surface area contributed by atoms with Gasteiger partial charge in [-0.3, -0.25) is 4.79 Å². The number of hydrogen-bond donors (Lipinski definition) is 2. The van der Waals surface area contributed by atoms with Gasteiger partial charge >= 0.3 is 0 Å². The van der Waals surface area contributed by atoms with E-state index >= 15 is 0 Å². The van der Waals surface area contributed by atoms with Crippen molar-refractivity contribution in [1.82, 2.24) is 10.6 Å². The first kappa shape index (κ1) is 12.4. The third-order valence-corrected chi connectivity index (χ3v) is 2.07. The van der Waals surface area contributed by atoms with Crippen molar-refractivity contribution in [3.63, 3.8) is 0 Å². The molecule has 0 bridgehead atoms. The number of carbonyl (C=O) groups excluding carboxylic acids is 1. The Morgan fingerprint density at radius 1 is 1.38 bits per heavy atom. The molecule has 0 radical (unpaired) electrons. The number of carbonyl (C=O) groups is 1. The van der Waals surface area contributed by atoms with Crippen LogP contribution in [0.2, 0.25) is 0 Å². The van der Waals surface area contributed by atoms with Crippen molar-refractivity contribution in [2.45, 2.75) is 33.1 Å². The molecule has 1 unspecified atom stereocenters. The Labute approximate surface area is 81.3 Å². The van der Waals surface area contributed by atoms with E-state index < -0.39 is 0 Å². The van der Waals surface area contributed by atoms with Crippen LogP contribution in [0.5, 0.6) is 0 Å². The summed E-state index contributed by atoms with van der Waals surface area (Å²) in [6.45, 7) is 5.83. The second kappa shape index (κ2) is 8.05. The highest BCUT2D eigenvalue weighted by molar-refractivity contribution is 5.78. The van der Waals surface area contributed by atoms with Gasteiger partial charge < -0.3 is 10.6 Å². The number of hydrogen-bond acceptors (Lipinski definition) is 2. The van der Waals surface area contributed by atoms with Gasteiger partial charge in [0.05, 0.1) is 0 Å². The summed E-state index contributed by atoms with van der Waals surface area (Å²) in [6.07, 6.45) is 3.06. The first-order valence-corrected chi connectivity index (χ1v) is 5.14. The predicted octanol–water partition coefficient (Wildman–Crippen LogP) is 1.15. The lowest BCUT2D eigenvalue weighted by molar-refractivity contribution is -0.124. The molecule has 0 aliphatic heterocycles. The van der Waals surface area contributed by atoms with Crippen LogP contribution < -0.4 is 10.6 Å². The van der Waals surface area contributed by atoms with Crippen molar-refractivity contribution >= 4 is 5.91 Å². The average molecular weight is 186 g/mol. The Bertz CT molecular complexity index is 137. The van der Waals surface area contributed by atoms with Crippen LogP contribution in [0.25, 0.3) is 0 Å². The summed E-state index contributed by atoms with van der Waals surface area (Å²) in [6, 6.07) is 0. The number of nitrogens with one attached hydrogen (secondary N) is 2. The van der Waals surface area contributed by atoms with Crippen molar-refractivity contribution in [1.29, 1.82) is 0 Å². The summed E-state index contributed by atoms with van der Waals surface area (Å²) in [7, 11) is 1.92. The van der Waals surface area contributed by atoms with Crippen molar-refractivity contribution in [2.24, 2.45) is 5.92 Å². The molecule has 3 nitrogen and oxygen atoms in total. The van der Waals surface area contributed by atoms with E-state index in [1.54, 1.807) is 0 Å². The molecule has 0 rings (SSSR count). The van der Waals surface area contributed by atoms with Crippen molar-refractivity contribution in [3.05, 3.63) is 0 Å². The molecule has 1 atom stereocenters. The molecule has 0 fully saturated rings. The fraction of sp³-hybridized carbons (Fsp3) is 0.900. The van der Waals surface area contributed by atoms with E-state index in [4.69, 9.17) is 0 Å². The maximum absolute atomic E-state index is 11.4. The van der Waals surface area contributed by atoms with Gasteiger partial charge in [0, 0.05) is 12.5 Å². The van der Waals surface area contributed by atoms with E-state index in [-0.39, 0.29) is 11.8 Å². The topological polar surface area (TPSA) is 41.1 Å². The summed E-state index contributed by atoms with van der Waals surface area (Å²) in [4.78, 5) is 11.4. The molecule has 0 aromatic heterocycles. The minimum Gasteiger partial charge on any atom is -0.356 e. The maximum atomic E-state index is 11.4. The van der Waals surface area contributed by atoms with Crippen LogP contribution in [0, 0.1) is 5.92 Å². The highest BCUT2D eigenvalue weighted by Gasteiger charge is 2.09. The van der Waals surface area contributed by atoms with Gasteiger partial charge in [-0.15, -0.1) is 0 Å². The van der Waals surface area contributed by atoms with Crippen LogP contribution in [-0.4, -0.2) is 26.0 Å². The zero-order valence-corrected chi connectivity index (χ0v) is 9.02. The molecule has 2 N–H and O–H groups in total. The van der Waals surface area contributed by atoms with Crippen molar-refractivity contribution < 1.29 is 4.79 Å². The highest BCUT2D eigenvalue weighted by Crippen LogP contribution is 2.03. The van der Waals surface area contributed by atoms with Crippen LogP contribution in [0.3, 0.4) is 0 Å². The Hall–Kier alpha value is -0.570. The molecule has 0 aromatic carbocycles. The monoisotopic (exact) mass is 186 g/mol. The molecule has 0 saturated heterocycles. The highest BCUT2D eigenvalue weighted by atomic mass is 16.1. The summed E-state index contributed by atoms with van der Waals surface area (Å²) in [5, 5.41) is 5.97. The Morgan fingerprint density at radius 3 is 2.62 bits per heavy atom. The molecule has 0 heterocycles. The van der Waals surface area contributed by atoms with E-state index in [2.05, 4.69) is 17.6 Å². The molecule has 0 saturated carbocycles. The summed E-state index contributed by atoms with van der Waals surface area (Å²) in [5.41, 5.74) is 0. The predicted molar refractivity (Wildman–Crippen MR) is 55.6 cm³/mol. The lowest BCUT2D eigenvalue weighted by Crippen LogP contribution is -2.31. The Balaban J connectivity index is 3.38. The van der Waals surface area contributed by atoms with Crippen LogP contribution in [0.15, 0.2) is 0 Å². The zero-order chi connectivity index (χ0) is 10.1. The zero-order valence-electron chi connectivity index (χ0n) is 9.02. The minimum atomic E-state index is 0.166. The first-order valence-electron chi connectivity index (χ1n) is 5.14. The summed E-state index contributed by atoms with van der Waals surface area (Å²) in [5.74, 6) is 0.359. The fourth-order valence-electron chi connectivity index (χ4n) is 1.22. The Kier molecular flexibility index (Phi) is 7.69. The van der Waals surface area contributed by atoms with Crippen molar-refractivity contribution in [3.8, 4) is 0 Å². The van der Waals surface area contributed by atoms with Gasteiger partial charge in [-0.05, 0) is 26.4 Å². The smallest absolute Gasteiger partial charge is 0.222 e. The summed E-state index contributed by atoms with van der Waals surface area (Å²) < 4.78 is 0. The first-order chi connectivity index (χ1) is 6.22. The van der Waals surface area contributed by atoms with Crippen LogP contribution in [0.1, 0.15) is 33.1 Å². The van der Waals surface area contributed by atoms with E-state index in [1.807, 2.05) is 14.0 Å². The molecular formula is C10H22N2O. The van der Waals surface area contributed by atoms with Gasteiger partial charge in [0.2, 0.25) is 5.91 Å². The van der Waals surface area contributed by atoms with E-state index in [0.717, 1.165) is 32.4 Å². The molecule has 13 heavy (non-hydrogen) atoms. The van der Waals surface area contributed by atoms with Crippen LogP contribution in [-0.2, 0) is 4.79 Å². The van der Waals surface area contributed by atoms with Crippen molar-refractivity contribution in [2.75, 3.05) is 20.1 Å². The molecule has 3 heteroatoms. The molecular weight excluding hydrogens is 164 g/mol. The number of amides is 1. The molecule has 1 amide bonds. The third-order valence-electron chi connectivity index (χ3n) is 2.07. The molecule has 0 spiro atoms. The summed E-state index contributed by atoms with van der Waals surface area (Å²) >= 11 is 0. The average Bonchev–Trinajstić information content (AvgIpc) is 2.12. The Morgan fingerprint density at radius 2 is 2.08 bits per heavy atom. The van der Waals surface area contributed by atoms with E-state index in [1.165, 1.54) is 0 Å². The lowest BCUT2D eigenvalue weighted by Gasteiger charge is -2.10. The van der Waals surface area contributed by atoms with Gasteiger partial charge in [0.25, 0.3) is 0 Å². The molecule has 0 aliphatic carbocycles. The second-order valence-electron chi connectivity index (χ2n) is 3.44. The second-order valence-corrected chi connectivity index (χ2v) is 3.44. The van der Waals surface area contributed by atoms with Gasteiger partial charge in [-0.1, -0.05) is 20.3 Å². The van der Waals surface area contributed by atoms with E-state index in [0.29, 0.717) is 0 Å². The van der Waals surface area contributed by atoms with Gasteiger partial charge in [0.15, 0.2) is 0 Å². The van der Waals surface area contributed by atoms with E-state index in [9.17, 15) is 4.79 Å². The lowest BCUT2D eigenvalue weighted by atomic mass is 10.1. The largest absolute Gasteiger partial charge is 0.356 e. The third kappa shape index (κ3) is 6.58. The minimum absolute atomic E-state index is 0.166. The molecule has 0 aliphatic rings. The van der Waals surface area contributed by atoms with Gasteiger partial charge in [0.1, 0.15) is 0 Å². The van der Waals surface area contributed by atoms with Gasteiger partial charge in [-0.25, -0.2) is 0 Å². The van der Waals surface area contributed by atoms with Crippen LogP contribution >= 0.6 is 0 Å². The quantitative estimate of drug-likeness (QED) is 0.586.